The number of rotatable bonds is 6. The van der Waals surface area contributed by atoms with Crippen molar-refractivity contribution in [3.05, 3.63) is 97.5 Å². The predicted molar refractivity (Wildman–Crippen MR) is 152 cm³/mol. The highest BCUT2D eigenvalue weighted by Gasteiger charge is 2.23. The van der Waals surface area contributed by atoms with E-state index in [2.05, 4.69) is 21.0 Å². The Labute approximate surface area is 224 Å². The molecule has 0 saturated carbocycles. The van der Waals surface area contributed by atoms with Gasteiger partial charge in [0, 0.05) is 51.9 Å². The van der Waals surface area contributed by atoms with Crippen molar-refractivity contribution in [3.63, 3.8) is 0 Å². The summed E-state index contributed by atoms with van der Waals surface area (Å²) >= 11 is 9.78. The molecule has 0 spiro atoms. The fourth-order valence-electron chi connectivity index (χ4n) is 3.67. The molecule has 0 amide bonds. The first kappa shape index (κ1) is 25.9. The molecule has 0 aliphatic rings. The molecular formula is C28H28BrClN4O2. The summed E-state index contributed by atoms with van der Waals surface area (Å²) in [6, 6.07) is 18.9. The fourth-order valence-corrected chi connectivity index (χ4v) is 4.22. The van der Waals surface area contributed by atoms with E-state index in [1.54, 1.807) is 12.3 Å². The van der Waals surface area contributed by atoms with Crippen LogP contribution in [-0.4, -0.2) is 30.0 Å². The Morgan fingerprint density at radius 3 is 2.56 bits per heavy atom. The van der Waals surface area contributed by atoms with Crippen LogP contribution in [0.2, 0.25) is 5.02 Å². The van der Waals surface area contributed by atoms with Crippen LogP contribution in [0.3, 0.4) is 0 Å². The average Bonchev–Trinajstić information content (AvgIpc) is 2.82. The number of hydrogen-bond acceptors (Lipinski definition) is 5. The Hall–Kier alpha value is -3.16. The second-order valence-corrected chi connectivity index (χ2v) is 11.0. The molecule has 4 aromatic rings. The summed E-state index contributed by atoms with van der Waals surface area (Å²) in [5, 5.41) is 5.75. The summed E-state index contributed by atoms with van der Waals surface area (Å²) in [6.07, 6.45) is 1.64. The molecule has 0 unspecified atom stereocenters. The highest BCUT2D eigenvalue weighted by atomic mass is 79.9. The molecule has 36 heavy (non-hydrogen) atoms. The van der Waals surface area contributed by atoms with Gasteiger partial charge in [-0.25, -0.2) is 4.98 Å². The monoisotopic (exact) mass is 566 g/mol. The van der Waals surface area contributed by atoms with E-state index < -0.39 is 5.41 Å². The lowest BCUT2D eigenvalue weighted by molar-refractivity contribution is 0.306. The van der Waals surface area contributed by atoms with Crippen LogP contribution in [0.15, 0.2) is 75.0 Å². The first-order chi connectivity index (χ1) is 17.0. The first-order valence-electron chi connectivity index (χ1n) is 11.5. The zero-order valence-corrected chi connectivity index (χ0v) is 23.3. The van der Waals surface area contributed by atoms with Crippen molar-refractivity contribution in [2.75, 3.05) is 19.0 Å². The minimum Gasteiger partial charge on any atom is -0.488 e. The van der Waals surface area contributed by atoms with Gasteiger partial charge in [-0.2, -0.15) is 9.78 Å². The molecule has 3 aromatic carbocycles. The molecule has 186 valence electrons. The van der Waals surface area contributed by atoms with Crippen LogP contribution in [0.1, 0.15) is 37.7 Å². The van der Waals surface area contributed by atoms with Gasteiger partial charge >= 0.3 is 0 Å². The molecule has 1 heterocycles. The van der Waals surface area contributed by atoms with E-state index in [1.807, 2.05) is 94.4 Å². The van der Waals surface area contributed by atoms with E-state index in [1.165, 1.54) is 4.68 Å². The lowest BCUT2D eigenvalue weighted by Crippen LogP contribution is -2.29. The van der Waals surface area contributed by atoms with Gasteiger partial charge in [-0.15, -0.1) is 0 Å². The third kappa shape index (κ3) is 5.63. The molecule has 0 radical (unpaired) electrons. The second-order valence-electron chi connectivity index (χ2n) is 9.71. The molecule has 0 aliphatic carbocycles. The summed E-state index contributed by atoms with van der Waals surface area (Å²) < 4.78 is 8.37. The number of benzene rings is 3. The summed E-state index contributed by atoms with van der Waals surface area (Å²) in [7, 11) is 3.93. The second kappa shape index (κ2) is 10.4. The molecule has 0 aliphatic heterocycles. The topological polar surface area (TPSA) is 59.7 Å². The van der Waals surface area contributed by atoms with E-state index in [9.17, 15) is 4.79 Å². The number of fused-ring (bicyclic) bond motifs is 1. The Balaban J connectivity index is 1.79. The predicted octanol–water partition coefficient (Wildman–Crippen LogP) is 6.64. The van der Waals surface area contributed by atoms with Crippen LogP contribution in [0.5, 0.6) is 5.75 Å². The molecule has 0 fully saturated rings. The number of aromatic nitrogens is 2. The van der Waals surface area contributed by atoms with Gasteiger partial charge in [0.25, 0.3) is 5.56 Å². The van der Waals surface area contributed by atoms with E-state index in [-0.39, 0.29) is 5.56 Å². The number of ether oxygens (including phenoxy) is 1. The Kier molecular flexibility index (Phi) is 7.52. The van der Waals surface area contributed by atoms with Gasteiger partial charge in [-0.1, -0.05) is 66.5 Å². The smallest absolute Gasteiger partial charge is 0.282 e. The maximum absolute atomic E-state index is 13.5. The molecule has 8 heteroatoms. The normalized spacial score (nSPS) is 11.9. The summed E-state index contributed by atoms with van der Waals surface area (Å²) in [5.74, 6) is 1.20. The maximum atomic E-state index is 13.5. The highest BCUT2D eigenvalue weighted by Crippen LogP contribution is 2.27. The van der Waals surface area contributed by atoms with Crippen molar-refractivity contribution in [2.24, 2.45) is 5.10 Å². The van der Waals surface area contributed by atoms with Crippen LogP contribution in [-0.2, 0) is 12.0 Å². The van der Waals surface area contributed by atoms with Gasteiger partial charge in [0.2, 0.25) is 0 Å². The van der Waals surface area contributed by atoms with Crippen LogP contribution >= 0.6 is 27.5 Å². The van der Waals surface area contributed by atoms with E-state index in [0.29, 0.717) is 34.1 Å². The van der Waals surface area contributed by atoms with E-state index in [4.69, 9.17) is 21.3 Å². The number of nitrogens with zero attached hydrogens (tertiary/aromatic N) is 4. The van der Waals surface area contributed by atoms with E-state index >= 15 is 0 Å². The number of hydrogen-bond donors (Lipinski definition) is 0. The van der Waals surface area contributed by atoms with Gasteiger partial charge in [0.15, 0.2) is 0 Å². The quantitative estimate of drug-likeness (QED) is 0.245. The number of halogens is 2. The zero-order valence-electron chi connectivity index (χ0n) is 20.9. The third-order valence-electron chi connectivity index (χ3n) is 5.65. The summed E-state index contributed by atoms with van der Waals surface area (Å²) in [4.78, 5) is 20.3. The largest absolute Gasteiger partial charge is 0.488 e. The van der Waals surface area contributed by atoms with E-state index in [0.717, 1.165) is 21.3 Å². The lowest BCUT2D eigenvalue weighted by Gasteiger charge is -2.21. The minimum absolute atomic E-state index is 0.231. The van der Waals surface area contributed by atoms with Crippen molar-refractivity contribution >= 4 is 50.3 Å². The van der Waals surface area contributed by atoms with Gasteiger partial charge in [0.1, 0.15) is 18.2 Å². The average molecular weight is 568 g/mol. The molecule has 0 saturated heterocycles. The van der Waals surface area contributed by atoms with Crippen molar-refractivity contribution in [1.29, 1.82) is 0 Å². The standard InChI is InChI=1S/C28H28BrClN4O2/c1-28(2,3)27-32-24-13-11-20(29)14-22(24)26(35)34(27)31-16-18-10-12-21(33(4)5)15-25(18)36-17-19-8-6-7-9-23(19)30/h6-16H,17H2,1-5H3. The van der Waals surface area contributed by atoms with Gasteiger partial charge in [-0.3, -0.25) is 4.79 Å². The van der Waals surface area contributed by atoms with Crippen molar-refractivity contribution in [3.8, 4) is 5.75 Å². The molecule has 1 aromatic heterocycles. The summed E-state index contributed by atoms with van der Waals surface area (Å²) in [5.41, 5.74) is 2.59. The van der Waals surface area contributed by atoms with Crippen LogP contribution in [0, 0.1) is 0 Å². The van der Waals surface area contributed by atoms with Gasteiger partial charge in [-0.05, 0) is 36.4 Å². The highest BCUT2D eigenvalue weighted by molar-refractivity contribution is 9.10. The summed E-state index contributed by atoms with van der Waals surface area (Å²) in [6.45, 7) is 6.33. The fraction of sp³-hybridized carbons (Fsp3) is 0.250. The SMILES string of the molecule is CN(C)c1ccc(C=Nn2c(C(C)(C)C)nc3ccc(Br)cc3c2=O)c(OCc2ccccc2Cl)c1. The Morgan fingerprint density at radius 2 is 1.86 bits per heavy atom. The minimum atomic E-state index is -0.407. The maximum Gasteiger partial charge on any atom is 0.282 e. The molecule has 4 rings (SSSR count). The number of anilines is 1. The Bertz CT molecular complexity index is 1510. The molecule has 0 bridgehead atoms. The van der Waals surface area contributed by atoms with Crippen LogP contribution in [0.25, 0.3) is 10.9 Å². The molecular weight excluding hydrogens is 540 g/mol. The Morgan fingerprint density at radius 1 is 1.11 bits per heavy atom. The van der Waals surface area contributed by atoms with Crippen LogP contribution < -0.4 is 15.2 Å². The van der Waals surface area contributed by atoms with Crippen molar-refractivity contribution < 1.29 is 4.74 Å². The van der Waals surface area contributed by atoms with Crippen molar-refractivity contribution in [1.82, 2.24) is 9.66 Å². The molecule has 0 atom stereocenters. The van der Waals surface area contributed by atoms with Crippen LogP contribution in [0.4, 0.5) is 5.69 Å². The van der Waals surface area contributed by atoms with Gasteiger partial charge in [0.05, 0.1) is 17.1 Å². The van der Waals surface area contributed by atoms with Gasteiger partial charge < -0.3 is 9.64 Å². The zero-order chi connectivity index (χ0) is 26.0. The molecule has 6 nitrogen and oxygen atoms in total. The first-order valence-corrected chi connectivity index (χ1v) is 12.7. The lowest BCUT2D eigenvalue weighted by atomic mass is 9.95. The third-order valence-corrected chi connectivity index (χ3v) is 6.51. The van der Waals surface area contributed by atoms with Crippen molar-refractivity contribution in [2.45, 2.75) is 32.8 Å². The molecule has 0 N–H and O–H groups in total.